The second-order valence-corrected chi connectivity index (χ2v) is 5.89. The number of amides is 1. The topological polar surface area (TPSA) is 69.2 Å². The molecule has 0 aliphatic rings. The summed E-state index contributed by atoms with van der Waals surface area (Å²) >= 11 is 0. The van der Waals surface area contributed by atoms with E-state index in [4.69, 9.17) is 0 Å². The Bertz CT molecular complexity index is 279. The molecule has 0 fully saturated rings. The molecular weight excluding hydrogens is 266 g/mol. The van der Waals surface area contributed by atoms with E-state index in [9.17, 15) is 14.7 Å². The number of carboxylic acid groups (broad SMARTS) is 1. The highest BCUT2D eigenvalue weighted by Crippen LogP contribution is 2.11. The van der Waals surface area contributed by atoms with Gasteiger partial charge in [0.2, 0.25) is 5.91 Å². The van der Waals surface area contributed by atoms with E-state index in [-0.39, 0.29) is 5.91 Å². The van der Waals surface area contributed by atoms with Crippen molar-refractivity contribution in [2.24, 2.45) is 0 Å². The molecule has 4 nitrogen and oxygen atoms in total. The number of carboxylic acids is 1. The van der Waals surface area contributed by atoms with Gasteiger partial charge in [-0.1, -0.05) is 71.1 Å². The highest BCUT2D eigenvalue weighted by atomic mass is 16.4. The lowest BCUT2D eigenvalue weighted by atomic mass is 10.1. The Hall–Kier alpha value is -1.06. The first-order chi connectivity index (χ1) is 10.1. The van der Waals surface area contributed by atoms with Crippen LogP contribution in [0.4, 0.5) is 0 Å². The summed E-state index contributed by atoms with van der Waals surface area (Å²) in [5.41, 5.74) is 0. The van der Waals surface area contributed by atoms with Gasteiger partial charge in [-0.15, -0.1) is 0 Å². The van der Waals surface area contributed by atoms with E-state index in [0.717, 1.165) is 19.3 Å². The van der Waals surface area contributed by atoms with Crippen molar-refractivity contribution in [2.45, 2.75) is 96.9 Å². The average Bonchev–Trinajstić information content (AvgIpc) is 2.44. The Balaban J connectivity index is 3.25. The number of nitrogens with one attached hydrogen (secondary N) is 1. The lowest BCUT2D eigenvalue weighted by Gasteiger charge is -2.14. The number of aliphatic carboxylic acids is 1. The molecule has 1 unspecified atom stereocenters. The Labute approximate surface area is 129 Å². The summed E-state index contributed by atoms with van der Waals surface area (Å²) in [6.07, 6.45) is 14.1. The van der Waals surface area contributed by atoms with E-state index >= 15 is 0 Å². The molecule has 0 saturated carbocycles. The van der Waals surface area contributed by atoms with Crippen molar-refractivity contribution >= 4 is 11.9 Å². The van der Waals surface area contributed by atoms with Crippen molar-refractivity contribution in [2.75, 3.05) is 0 Å². The van der Waals surface area contributed by atoms with Gasteiger partial charge in [-0.2, -0.15) is 0 Å². The van der Waals surface area contributed by atoms with Crippen LogP contribution in [0.15, 0.2) is 0 Å². The highest BCUT2D eigenvalue weighted by Gasteiger charge is 2.07. The molecule has 1 atom stereocenters. The maximum absolute atomic E-state index is 11.4. The normalized spacial score (nSPS) is 12.1. The van der Waals surface area contributed by atoms with Gasteiger partial charge in [-0.05, 0) is 13.3 Å². The van der Waals surface area contributed by atoms with E-state index in [1.807, 2.05) is 0 Å². The van der Waals surface area contributed by atoms with Crippen LogP contribution in [0.1, 0.15) is 90.9 Å². The fourth-order valence-electron chi connectivity index (χ4n) is 2.32. The zero-order chi connectivity index (χ0) is 15.9. The number of unbranched alkanes of at least 4 members (excludes halogenated alkanes) is 10. The molecule has 0 aromatic rings. The lowest BCUT2D eigenvalue weighted by molar-refractivity contribution is -0.307. The molecule has 0 saturated heterocycles. The van der Waals surface area contributed by atoms with Crippen molar-refractivity contribution in [1.29, 1.82) is 0 Å². The van der Waals surface area contributed by atoms with Crippen molar-refractivity contribution in [3.63, 3.8) is 0 Å². The number of hydrogen-bond acceptors (Lipinski definition) is 3. The van der Waals surface area contributed by atoms with Gasteiger partial charge in [-0.3, -0.25) is 4.79 Å². The van der Waals surface area contributed by atoms with Gasteiger partial charge in [0.15, 0.2) is 0 Å². The van der Waals surface area contributed by atoms with Crippen LogP contribution in [0, 0.1) is 0 Å². The predicted molar refractivity (Wildman–Crippen MR) is 83.7 cm³/mol. The van der Waals surface area contributed by atoms with E-state index in [0.29, 0.717) is 6.42 Å². The van der Waals surface area contributed by atoms with Crippen LogP contribution in [-0.4, -0.2) is 17.9 Å². The first-order valence-corrected chi connectivity index (χ1v) is 8.58. The molecule has 0 aromatic heterocycles. The van der Waals surface area contributed by atoms with Crippen LogP contribution in [-0.2, 0) is 9.59 Å². The molecule has 0 heterocycles. The maximum Gasteiger partial charge on any atom is 0.220 e. The van der Waals surface area contributed by atoms with Crippen LogP contribution >= 0.6 is 0 Å². The average molecular weight is 298 g/mol. The molecular formula is C17H32NO3-. The second kappa shape index (κ2) is 13.9. The van der Waals surface area contributed by atoms with E-state index in [1.165, 1.54) is 58.3 Å². The molecule has 1 N–H and O–H groups in total. The van der Waals surface area contributed by atoms with E-state index in [2.05, 4.69) is 12.2 Å². The predicted octanol–water partition coefficient (Wildman–Crippen LogP) is 2.94. The van der Waals surface area contributed by atoms with Gasteiger partial charge < -0.3 is 15.2 Å². The van der Waals surface area contributed by atoms with Gasteiger partial charge in [0.25, 0.3) is 0 Å². The minimum atomic E-state index is -1.23. The molecule has 4 heteroatoms. The molecule has 124 valence electrons. The Morgan fingerprint density at radius 2 is 1.29 bits per heavy atom. The highest BCUT2D eigenvalue weighted by molar-refractivity contribution is 5.82. The van der Waals surface area contributed by atoms with Crippen LogP contribution in [0.2, 0.25) is 0 Å². The second-order valence-electron chi connectivity index (χ2n) is 5.89. The number of carbonyl (C=O) groups is 2. The summed E-state index contributed by atoms with van der Waals surface area (Å²) in [7, 11) is 0. The van der Waals surface area contributed by atoms with Crippen molar-refractivity contribution in [3.05, 3.63) is 0 Å². The van der Waals surface area contributed by atoms with Crippen LogP contribution < -0.4 is 10.4 Å². The Kier molecular flexibility index (Phi) is 13.2. The fraction of sp³-hybridized carbons (Fsp3) is 0.882. The zero-order valence-electron chi connectivity index (χ0n) is 13.8. The smallest absolute Gasteiger partial charge is 0.220 e. The van der Waals surface area contributed by atoms with Gasteiger partial charge in [0.05, 0.1) is 12.0 Å². The monoisotopic (exact) mass is 298 g/mol. The summed E-state index contributed by atoms with van der Waals surface area (Å²) in [5, 5.41) is 12.9. The summed E-state index contributed by atoms with van der Waals surface area (Å²) in [6, 6.07) is -0.898. The maximum atomic E-state index is 11.4. The minimum absolute atomic E-state index is 0.192. The molecule has 0 bridgehead atoms. The van der Waals surface area contributed by atoms with E-state index in [1.54, 1.807) is 0 Å². The Morgan fingerprint density at radius 3 is 1.71 bits per heavy atom. The zero-order valence-corrected chi connectivity index (χ0v) is 13.8. The molecule has 0 spiro atoms. The fourth-order valence-corrected chi connectivity index (χ4v) is 2.32. The van der Waals surface area contributed by atoms with Gasteiger partial charge in [0, 0.05) is 6.42 Å². The third-order valence-electron chi connectivity index (χ3n) is 3.74. The van der Waals surface area contributed by atoms with E-state index < -0.39 is 12.0 Å². The number of rotatable bonds is 14. The molecule has 0 rings (SSSR count). The summed E-state index contributed by atoms with van der Waals surface area (Å²) < 4.78 is 0. The molecule has 1 amide bonds. The minimum Gasteiger partial charge on any atom is -0.548 e. The SMILES string of the molecule is CCCCCCCCCCCCCC(=O)NC(C)C(=O)[O-]. The standard InChI is InChI=1S/C17H33NO3/c1-3-4-5-6-7-8-9-10-11-12-13-14-16(19)18-15(2)17(20)21/h15H,3-14H2,1-2H3,(H,18,19)(H,20,21)/p-1. The van der Waals surface area contributed by atoms with Crippen LogP contribution in [0.5, 0.6) is 0 Å². The number of hydrogen-bond donors (Lipinski definition) is 1. The lowest BCUT2D eigenvalue weighted by Crippen LogP contribution is -2.45. The largest absolute Gasteiger partial charge is 0.548 e. The molecule has 0 aliphatic heterocycles. The third kappa shape index (κ3) is 13.7. The molecule has 0 aliphatic carbocycles. The molecule has 0 aromatic carbocycles. The third-order valence-corrected chi connectivity index (χ3v) is 3.74. The molecule has 21 heavy (non-hydrogen) atoms. The van der Waals surface area contributed by atoms with Gasteiger partial charge >= 0.3 is 0 Å². The van der Waals surface area contributed by atoms with Crippen LogP contribution in [0.25, 0.3) is 0 Å². The quantitative estimate of drug-likeness (QED) is 0.501. The van der Waals surface area contributed by atoms with Crippen molar-refractivity contribution < 1.29 is 14.7 Å². The first kappa shape index (κ1) is 19.9. The summed E-state index contributed by atoms with van der Waals surface area (Å²) in [6.45, 7) is 3.66. The van der Waals surface area contributed by atoms with Gasteiger partial charge in [-0.25, -0.2) is 0 Å². The Morgan fingerprint density at radius 1 is 0.857 bits per heavy atom. The first-order valence-electron chi connectivity index (χ1n) is 8.58. The van der Waals surface area contributed by atoms with Gasteiger partial charge in [0.1, 0.15) is 0 Å². The summed E-state index contributed by atoms with van der Waals surface area (Å²) in [4.78, 5) is 21.9. The van der Waals surface area contributed by atoms with Crippen molar-refractivity contribution in [1.82, 2.24) is 5.32 Å². The molecule has 0 radical (unpaired) electrons. The summed E-state index contributed by atoms with van der Waals surface area (Å²) in [5.74, 6) is -1.43. The van der Waals surface area contributed by atoms with Crippen molar-refractivity contribution in [3.8, 4) is 0 Å². The van der Waals surface area contributed by atoms with Crippen LogP contribution in [0.3, 0.4) is 0 Å². The number of carbonyl (C=O) groups excluding carboxylic acids is 2.